The highest BCUT2D eigenvalue weighted by molar-refractivity contribution is 7.91. The minimum absolute atomic E-state index is 0.00930. The van der Waals surface area contributed by atoms with Crippen LogP contribution in [0.1, 0.15) is 13.8 Å². The van der Waals surface area contributed by atoms with E-state index >= 15 is 0 Å². The summed E-state index contributed by atoms with van der Waals surface area (Å²) in [5, 5.41) is 0. The third kappa shape index (κ3) is 3.91. The van der Waals surface area contributed by atoms with Crippen molar-refractivity contribution in [2.45, 2.75) is 23.6 Å². The SMILES string of the molecule is C=C(C)CN(CC)S(=O)(=O)c1cccc(S(C)(=O)=O)c1. The number of sulfonamides is 1. The summed E-state index contributed by atoms with van der Waals surface area (Å²) in [6.45, 7) is 7.67. The van der Waals surface area contributed by atoms with E-state index in [1.54, 1.807) is 13.8 Å². The molecule has 0 fully saturated rings. The van der Waals surface area contributed by atoms with Crippen molar-refractivity contribution in [2.24, 2.45) is 0 Å². The van der Waals surface area contributed by atoms with Gasteiger partial charge in [0, 0.05) is 19.3 Å². The first-order valence-electron chi connectivity index (χ1n) is 6.03. The van der Waals surface area contributed by atoms with Crippen molar-refractivity contribution >= 4 is 19.9 Å². The van der Waals surface area contributed by atoms with Gasteiger partial charge < -0.3 is 0 Å². The summed E-state index contributed by atoms with van der Waals surface area (Å²) in [4.78, 5) is -0.0338. The number of benzene rings is 1. The monoisotopic (exact) mass is 317 g/mol. The number of sulfone groups is 1. The van der Waals surface area contributed by atoms with Gasteiger partial charge in [-0.15, -0.1) is 0 Å². The van der Waals surface area contributed by atoms with Gasteiger partial charge in [0.05, 0.1) is 9.79 Å². The second kappa shape index (κ2) is 6.07. The normalized spacial score (nSPS) is 12.6. The zero-order chi connectivity index (χ0) is 15.6. The topological polar surface area (TPSA) is 71.5 Å². The van der Waals surface area contributed by atoms with Gasteiger partial charge in [-0.3, -0.25) is 0 Å². The fourth-order valence-electron chi connectivity index (χ4n) is 1.68. The Kier molecular flexibility index (Phi) is 5.12. The highest BCUT2D eigenvalue weighted by atomic mass is 32.2. The highest BCUT2D eigenvalue weighted by Crippen LogP contribution is 2.20. The third-order valence-corrected chi connectivity index (χ3v) is 5.70. The maximum Gasteiger partial charge on any atom is 0.243 e. The summed E-state index contributed by atoms with van der Waals surface area (Å²) in [6.07, 6.45) is 1.05. The van der Waals surface area contributed by atoms with Crippen molar-refractivity contribution < 1.29 is 16.8 Å². The molecular weight excluding hydrogens is 298 g/mol. The molecule has 0 atom stereocenters. The van der Waals surface area contributed by atoms with Crippen molar-refractivity contribution in [3.05, 3.63) is 36.4 Å². The Morgan fingerprint density at radius 1 is 1.20 bits per heavy atom. The largest absolute Gasteiger partial charge is 0.243 e. The Bertz CT molecular complexity index is 706. The molecule has 0 N–H and O–H groups in total. The van der Waals surface area contributed by atoms with Crippen LogP contribution < -0.4 is 0 Å². The molecule has 0 unspecified atom stereocenters. The van der Waals surface area contributed by atoms with Crippen molar-refractivity contribution in [3.63, 3.8) is 0 Å². The molecule has 0 aliphatic rings. The zero-order valence-corrected chi connectivity index (χ0v) is 13.5. The number of hydrogen-bond acceptors (Lipinski definition) is 4. The van der Waals surface area contributed by atoms with E-state index in [0.29, 0.717) is 0 Å². The van der Waals surface area contributed by atoms with Gasteiger partial charge in [-0.05, 0) is 25.1 Å². The molecule has 1 rings (SSSR count). The van der Waals surface area contributed by atoms with Crippen LogP contribution in [0.15, 0.2) is 46.2 Å². The number of likely N-dealkylation sites (N-methyl/N-ethyl adjacent to an activating group) is 1. The van der Waals surface area contributed by atoms with Crippen LogP contribution in [0.4, 0.5) is 0 Å². The fourth-order valence-corrected chi connectivity index (χ4v) is 3.98. The van der Waals surface area contributed by atoms with Gasteiger partial charge in [-0.2, -0.15) is 4.31 Å². The molecule has 1 aromatic carbocycles. The van der Waals surface area contributed by atoms with E-state index in [4.69, 9.17) is 0 Å². The second-order valence-electron chi connectivity index (χ2n) is 4.64. The number of nitrogens with zero attached hydrogens (tertiary/aromatic N) is 1. The molecule has 20 heavy (non-hydrogen) atoms. The molecule has 5 nitrogen and oxygen atoms in total. The second-order valence-corrected chi connectivity index (χ2v) is 8.59. The quantitative estimate of drug-likeness (QED) is 0.748. The first kappa shape index (κ1) is 16.9. The predicted octanol–water partition coefficient (Wildman–Crippen LogP) is 1.68. The molecule has 0 aromatic heterocycles. The minimum Gasteiger partial charge on any atom is -0.224 e. The van der Waals surface area contributed by atoms with Crippen LogP contribution in [0, 0.1) is 0 Å². The Labute approximate surface area is 120 Å². The molecule has 0 spiro atoms. The molecule has 0 aliphatic heterocycles. The molecule has 0 radical (unpaired) electrons. The van der Waals surface area contributed by atoms with Crippen LogP contribution in [0.25, 0.3) is 0 Å². The average molecular weight is 317 g/mol. The molecule has 0 bridgehead atoms. The van der Waals surface area contributed by atoms with Gasteiger partial charge in [0.2, 0.25) is 10.0 Å². The fraction of sp³-hybridized carbons (Fsp3) is 0.385. The van der Waals surface area contributed by atoms with Gasteiger partial charge in [0.25, 0.3) is 0 Å². The Hall–Kier alpha value is -1.18. The van der Waals surface area contributed by atoms with Gasteiger partial charge in [-0.25, -0.2) is 16.8 Å². The van der Waals surface area contributed by atoms with Crippen molar-refractivity contribution in [2.75, 3.05) is 19.3 Å². The van der Waals surface area contributed by atoms with E-state index in [1.807, 2.05) is 0 Å². The lowest BCUT2D eigenvalue weighted by molar-refractivity contribution is 0.452. The lowest BCUT2D eigenvalue weighted by atomic mass is 10.3. The van der Waals surface area contributed by atoms with Crippen LogP contribution in [0.5, 0.6) is 0 Å². The molecule has 0 amide bonds. The van der Waals surface area contributed by atoms with E-state index in [-0.39, 0.29) is 22.9 Å². The molecule has 0 heterocycles. The van der Waals surface area contributed by atoms with Gasteiger partial charge in [0.1, 0.15) is 0 Å². The lowest BCUT2D eigenvalue weighted by Crippen LogP contribution is -2.32. The van der Waals surface area contributed by atoms with Crippen molar-refractivity contribution in [1.29, 1.82) is 0 Å². The first-order chi connectivity index (χ1) is 9.09. The molecule has 0 aliphatic carbocycles. The van der Waals surface area contributed by atoms with Crippen molar-refractivity contribution in [1.82, 2.24) is 4.31 Å². The summed E-state index contributed by atoms with van der Waals surface area (Å²) >= 11 is 0. The molecule has 0 saturated carbocycles. The first-order valence-corrected chi connectivity index (χ1v) is 9.37. The van der Waals surface area contributed by atoms with Gasteiger partial charge in [-0.1, -0.05) is 25.1 Å². The van der Waals surface area contributed by atoms with E-state index in [9.17, 15) is 16.8 Å². The standard InChI is InChI=1S/C13H19NO4S2/c1-5-14(10-11(2)3)20(17,18)13-8-6-7-12(9-13)19(4,15)16/h6-9H,2,5,10H2,1,3-4H3. The lowest BCUT2D eigenvalue weighted by Gasteiger charge is -2.20. The van der Waals surface area contributed by atoms with Crippen LogP contribution in [0.2, 0.25) is 0 Å². The molecular formula is C13H19NO4S2. The summed E-state index contributed by atoms with van der Waals surface area (Å²) in [5.74, 6) is 0. The van der Waals surface area contributed by atoms with E-state index in [2.05, 4.69) is 6.58 Å². The zero-order valence-electron chi connectivity index (χ0n) is 11.8. The van der Waals surface area contributed by atoms with Crippen LogP contribution >= 0.6 is 0 Å². The average Bonchev–Trinajstić information content (AvgIpc) is 2.34. The Morgan fingerprint density at radius 3 is 2.20 bits per heavy atom. The Balaban J connectivity index is 3.32. The summed E-state index contributed by atoms with van der Waals surface area (Å²) in [5.41, 5.74) is 0.717. The molecule has 112 valence electrons. The summed E-state index contributed by atoms with van der Waals surface area (Å²) in [6, 6.07) is 5.39. The van der Waals surface area contributed by atoms with E-state index < -0.39 is 19.9 Å². The maximum absolute atomic E-state index is 12.5. The minimum atomic E-state index is -3.72. The highest BCUT2D eigenvalue weighted by Gasteiger charge is 2.24. The number of rotatable bonds is 6. The molecule has 7 heteroatoms. The van der Waals surface area contributed by atoms with Crippen LogP contribution in [0.3, 0.4) is 0 Å². The molecule has 1 aromatic rings. The van der Waals surface area contributed by atoms with E-state index in [1.165, 1.54) is 28.6 Å². The van der Waals surface area contributed by atoms with Crippen LogP contribution in [-0.4, -0.2) is 40.5 Å². The summed E-state index contributed by atoms with van der Waals surface area (Å²) < 4.78 is 49.2. The molecule has 0 saturated heterocycles. The van der Waals surface area contributed by atoms with Gasteiger partial charge >= 0.3 is 0 Å². The predicted molar refractivity (Wildman–Crippen MR) is 78.8 cm³/mol. The summed E-state index contributed by atoms with van der Waals surface area (Å²) in [7, 11) is -7.16. The Morgan fingerprint density at radius 2 is 1.75 bits per heavy atom. The smallest absolute Gasteiger partial charge is 0.224 e. The van der Waals surface area contributed by atoms with Crippen molar-refractivity contribution in [3.8, 4) is 0 Å². The number of hydrogen-bond donors (Lipinski definition) is 0. The van der Waals surface area contributed by atoms with Gasteiger partial charge in [0.15, 0.2) is 9.84 Å². The van der Waals surface area contributed by atoms with Crippen LogP contribution in [-0.2, 0) is 19.9 Å². The van der Waals surface area contributed by atoms with E-state index in [0.717, 1.165) is 11.8 Å². The third-order valence-electron chi connectivity index (χ3n) is 2.67. The maximum atomic E-state index is 12.5.